The van der Waals surface area contributed by atoms with Crippen LogP contribution in [0.25, 0.3) is 0 Å². The summed E-state index contributed by atoms with van der Waals surface area (Å²) >= 11 is 3.40. The Bertz CT molecular complexity index is 533. The molecule has 0 aliphatic carbocycles. The second-order valence-electron chi connectivity index (χ2n) is 4.73. The van der Waals surface area contributed by atoms with Crippen LogP contribution in [0.15, 0.2) is 22.7 Å². The lowest BCUT2D eigenvalue weighted by Gasteiger charge is -2.36. The summed E-state index contributed by atoms with van der Waals surface area (Å²) in [6, 6.07) is 5.62. The van der Waals surface area contributed by atoms with Gasteiger partial charge in [0.15, 0.2) is 0 Å². The van der Waals surface area contributed by atoms with E-state index in [4.69, 9.17) is 5.11 Å². The van der Waals surface area contributed by atoms with Crippen molar-refractivity contribution in [1.29, 1.82) is 0 Å². The van der Waals surface area contributed by atoms with Crippen LogP contribution in [0.4, 0.5) is 11.4 Å². The molecule has 0 saturated carbocycles. The largest absolute Gasteiger partial charge is 0.481 e. The van der Waals surface area contributed by atoms with Crippen LogP contribution in [-0.2, 0) is 9.59 Å². The van der Waals surface area contributed by atoms with Crippen molar-refractivity contribution >= 4 is 39.2 Å². The second-order valence-corrected chi connectivity index (χ2v) is 5.65. The Morgan fingerprint density at radius 1 is 1.47 bits per heavy atom. The maximum atomic E-state index is 12.1. The first-order valence-corrected chi connectivity index (χ1v) is 6.73. The van der Waals surface area contributed by atoms with E-state index in [2.05, 4.69) is 15.9 Å². The van der Waals surface area contributed by atoms with E-state index in [9.17, 15) is 9.59 Å². The van der Waals surface area contributed by atoms with Gasteiger partial charge in [0.25, 0.3) is 0 Å². The zero-order chi connectivity index (χ0) is 14.2. The van der Waals surface area contributed by atoms with Gasteiger partial charge >= 0.3 is 5.97 Å². The normalized spacial score (nSPS) is 16.3. The molecule has 0 aromatic heterocycles. The van der Waals surface area contributed by atoms with Crippen LogP contribution < -0.4 is 9.80 Å². The molecule has 1 aliphatic rings. The van der Waals surface area contributed by atoms with E-state index in [1.165, 1.54) is 0 Å². The fourth-order valence-electron chi connectivity index (χ4n) is 2.09. The summed E-state index contributed by atoms with van der Waals surface area (Å²) in [4.78, 5) is 26.5. The van der Waals surface area contributed by atoms with E-state index in [-0.39, 0.29) is 19.0 Å². The quantitative estimate of drug-likeness (QED) is 0.922. The van der Waals surface area contributed by atoms with E-state index in [1.807, 2.05) is 30.1 Å². The first kappa shape index (κ1) is 13.9. The number of fused-ring (bicyclic) bond motifs is 1. The van der Waals surface area contributed by atoms with E-state index in [0.29, 0.717) is 0 Å². The molecule has 0 spiro atoms. The van der Waals surface area contributed by atoms with Crippen LogP contribution in [0.5, 0.6) is 0 Å². The third-order valence-corrected chi connectivity index (χ3v) is 3.68. The van der Waals surface area contributed by atoms with Gasteiger partial charge in [0.05, 0.1) is 23.8 Å². The van der Waals surface area contributed by atoms with Gasteiger partial charge < -0.3 is 14.9 Å². The summed E-state index contributed by atoms with van der Waals surface area (Å²) < 4.78 is 0.929. The third-order valence-electron chi connectivity index (χ3n) is 3.19. The van der Waals surface area contributed by atoms with E-state index < -0.39 is 11.9 Å². The standard InChI is InChI=1S/C13H15BrN2O3/c1-8(13(18)19)6-16-10-4-3-9(14)5-11(10)15(2)7-12(16)17/h3-5,8H,6-7H2,1-2H3,(H,18,19). The zero-order valence-electron chi connectivity index (χ0n) is 10.8. The number of anilines is 2. The number of amides is 1. The fraction of sp³-hybridized carbons (Fsp3) is 0.385. The topological polar surface area (TPSA) is 60.9 Å². The molecule has 1 unspecified atom stereocenters. The van der Waals surface area contributed by atoms with Gasteiger partial charge in [-0.3, -0.25) is 9.59 Å². The smallest absolute Gasteiger partial charge is 0.308 e. The molecule has 1 aromatic rings. The summed E-state index contributed by atoms with van der Waals surface area (Å²) in [6.45, 7) is 2.05. The summed E-state index contributed by atoms with van der Waals surface area (Å²) in [6.07, 6.45) is 0. The van der Waals surface area contributed by atoms with Crippen molar-refractivity contribution < 1.29 is 14.7 Å². The number of carboxylic acids is 1. The van der Waals surface area contributed by atoms with Crippen LogP contribution in [-0.4, -0.2) is 37.1 Å². The highest BCUT2D eigenvalue weighted by Gasteiger charge is 2.29. The molecule has 0 bridgehead atoms. The molecule has 6 heteroatoms. The third kappa shape index (κ3) is 2.73. The molecule has 0 saturated heterocycles. The van der Waals surface area contributed by atoms with E-state index in [0.717, 1.165) is 15.8 Å². The number of hydrogen-bond donors (Lipinski definition) is 1. The van der Waals surface area contributed by atoms with E-state index >= 15 is 0 Å². The molecule has 1 aromatic carbocycles. The van der Waals surface area contributed by atoms with Crippen LogP contribution in [0.1, 0.15) is 6.92 Å². The van der Waals surface area contributed by atoms with Crippen molar-refractivity contribution in [2.24, 2.45) is 5.92 Å². The minimum atomic E-state index is -0.898. The molecule has 1 N–H and O–H groups in total. The average molecular weight is 327 g/mol. The van der Waals surface area contributed by atoms with Crippen LogP contribution in [0.3, 0.4) is 0 Å². The Kier molecular flexibility index (Phi) is 3.80. The lowest BCUT2D eigenvalue weighted by molar-refractivity contribution is -0.140. The molecule has 5 nitrogen and oxygen atoms in total. The number of hydrogen-bond acceptors (Lipinski definition) is 3. The highest BCUT2D eigenvalue weighted by atomic mass is 79.9. The van der Waals surface area contributed by atoms with Crippen molar-refractivity contribution in [3.8, 4) is 0 Å². The molecular weight excluding hydrogens is 312 g/mol. The Morgan fingerprint density at radius 3 is 2.79 bits per heavy atom. The van der Waals surface area contributed by atoms with Gasteiger partial charge in [0.1, 0.15) is 0 Å². The van der Waals surface area contributed by atoms with Crippen LogP contribution in [0.2, 0.25) is 0 Å². The number of benzene rings is 1. The number of carbonyl (C=O) groups is 2. The first-order chi connectivity index (χ1) is 8.90. The van der Waals surface area contributed by atoms with Crippen molar-refractivity contribution in [1.82, 2.24) is 0 Å². The van der Waals surface area contributed by atoms with Crippen molar-refractivity contribution in [3.05, 3.63) is 22.7 Å². The Hall–Kier alpha value is -1.56. The highest BCUT2D eigenvalue weighted by Crippen LogP contribution is 2.35. The van der Waals surface area contributed by atoms with Gasteiger partial charge in [-0.25, -0.2) is 0 Å². The number of likely N-dealkylation sites (N-methyl/N-ethyl adjacent to an activating group) is 1. The van der Waals surface area contributed by atoms with Crippen molar-refractivity contribution in [3.63, 3.8) is 0 Å². The number of rotatable bonds is 3. The van der Waals surface area contributed by atoms with Gasteiger partial charge in [-0.2, -0.15) is 0 Å². The average Bonchev–Trinajstić information content (AvgIpc) is 2.34. The lowest BCUT2D eigenvalue weighted by Crippen LogP contribution is -2.46. The van der Waals surface area contributed by atoms with Gasteiger partial charge in [-0.05, 0) is 18.2 Å². The molecule has 2 rings (SSSR count). The first-order valence-electron chi connectivity index (χ1n) is 5.94. The summed E-state index contributed by atoms with van der Waals surface area (Å²) in [5.41, 5.74) is 1.68. The maximum Gasteiger partial charge on any atom is 0.308 e. The minimum absolute atomic E-state index is 0.0783. The lowest BCUT2D eigenvalue weighted by atomic mass is 10.1. The number of halogens is 1. The van der Waals surface area contributed by atoms with Crippen molar-refractivity contribution in [2.45, 2.75) is 6.92 Å². The van der Waals surface area contributed by atoms with E-state index in [1.54, 1.807) is 11.8 Å². The van der Waals surface area contributed by atoms with Gasteiger partial charge in [-0.1, -0.05) is 22.9 Å². The molecule has 1 atom stereocenters. The minimum Gasteiger partial charge on any atom is -0.481 e. The molecule has 19 heavy (non-hydrogen) atoms. The number of nitrogens with zero attached hydrogens (tertiary/aromatic N) is 2. The maximum absolute atomic E-state index is 12.1. The van der Waals surface area contributed by atoms with Crippen molar-refractivity contribution in [2.75, 3.05) is 29.9 Å². The molecule has 102 valence electrons. The Balaban J connectivity index is 2.37. The summed E-state index contributed by atoms with van der Waals surface area (Å²) in [5.74, 6) is -1.57. The number of carboxylic acid groups (broad SMARTS) is 1. The molecule has 1 heterocycles. The van der Waals surface area contributed by atoms with Gasteiger partial charge in [0.2, 0.25) is 5.91 Å². The SMILES string of the molecule is CC(CN1C(=O)CN(C)c2cc(Br)ccc21)C(=O)O. The monoisotopic (exact) mass is 326 g/mol. The predicted molar refractivity (Wildman–Crippen MR) is 76.6 cm³/mol. The summed E-state index contributed by atoms with van der Waals surface area (Å²) in [5, 5.41) is 8.99. The molecule has 0 fully saturated rings. The zero-order valence-corrected chi connectivity index (χ0v) is 12.3. The highest BCUT2D eigenvalue weighted by molar-refractivity contribution is 9.10. The fourth-order valence-corrected chi connectivity index (χ4v) is 2.44. The molecular formula is C13H15BrN2O3. The Morgan fingerprint density at radius 2 is 2.16 bits per heavy atom. The van der Waals surface area contributed by atoms with Crippen LogP contribution in [0, 0.1) is 5.92 Å². The molecule has 1 aliphatic heterocycles. The number of aliphatic carboxylic acids is 1. The predicted octanol–water partition coefficient (Wildman–Crippen LogP) is 1.95. The van der Waals surface area contributed by atoms with Gasteiger partial charge in [0, 0.05) is 18.1 Å². The number of carbonyl (C=O) groups excluding carboxylic acids is 1. The summed E-state index contributed by atoms with van der Waals surface area (Å²) in [7, 11) is 1.85. The van der Waals surface area contributed by atoms with Crippen LogP contribution >= 0.6 is 15.9 Å². The second kappa shape index (κ2) is 5.21. The Labute approximate surface area is 119 Å². The molecule has 1 amide bonds. The van der Waals surface area contributed by atoms with Gasteiger partial charge in [-0.15, -0.1) is 0 Å². The molecule has 0 radical (unpaired) electrons.